The standard InChI is InChI=1S/C19H29N5O2/c1-15-5-3-10-24-13-16(23-18(15)24)6-9-22-19(20-2)21-8-4-11-26-17-7-12-25-14-17/h3,5,10,13,17H,4,6-9,11-12,14H2,1-2H3,(H2,20,21,22). The Morgan fingerprint density at radius 3 is 3.08 bits per heavy atom. The van der Waals surface area contributed by atoms with Crippen molar-refractivity contribution in [2.75, 3.05) is 40.0 Å². The monoisotopic (exact) mass is 359 g/mol. The molecular weight excluding hydrogens is 330 g/mol. The van der Waals surface area contributed by atoms with Crippen LogP contribution in [-0.2, 0) is 15.9 Å². The molecular formula is C19H29N5O2. The van der Waals surface area contributed by atoms with Gasteiger partial charge in [-0.15, -0.1) is 0 Å². The number of hydrogen-bond acceptors (Lipinski definition) is 4. The number of nitrogens with zero attached hydrogens (tertiary/aromatic N) is 3. The average Bonchev–Trinajstić information content (AvgIpc) is 3.30. The van der Waals surface area contributed by atoms with Crippen LogP contribution in [0.5, 0.6) is 0 Å². The lowest BCUT2D eigenvalue weighted by atomic mass is 10.3. The fourth-order valence-corrected chi connectivity index (χ4v) is 3.03. The van der Waals surface area contributed by atoms with E-state index < -0.39 is 0 Å². The van der Waals surface area contributed by atoms with Crippen LogP contribution in [0.25, 0.3) is 5.65 Å². The van der Waals surface area contributed by atoms with Crippen LogP contribution < -0.4 is 10.6 Å². The summed E-state index contributed by atoms with van der Waals surface area (Å²) in [5, 5.41) is 6.66. The largest absolute Gasteiger partial charge is 0.379 e. The molecule has 0 amide bonds. The zero-order valence-corrected chi connectivity index (χ0v) is 15.7. The van der Waals surface area contributed by atoms with E-state index in [2.05, 4.69) is 39.2 Å². The van der Waals surface area contributed by atoms with Gasteiger partial charge in [-0.2, -0.15) is 0 Å². The van der Waals surface area contributed by atoms with Crippen molar-refractivity contribution in [3.05, 3.63) is 35.8 Å². The molecule has 1 unspecified atom stereocenters. The Labute approximate surface area is 154 Å². The van der Waals surface area contributed by atoms with Gasteiger partial charge < -0.3 is 24.5 Å². The normalized spacial score (nSPS) is 17.8. The molecule has 1 fully saturated rings. The molecule has 3 rings (SSSR count). The predicted octanol–water partition coefficient (Wildman–Crippen LogP) is 1.55. The van der Waals surface area contributed by atoms with E-state index in [9.17, 15) is 0 Å². The van der Waals surface area contributed by atoms with Gasteiger partial charge in [-0.05, 0) is 31.4 Å². The molecule has 1 atom stereocenters. The molecule has 2 aromatic rings. The molecule has 142 valence electrons. The van der Waals surface area contributed by atoms with Crippen molar-refractivity contribution in [1.29, 1.82) is 0 Å². The Morgan fingerprint density at radius 1 is 1.42 bits per heavy atom. The summed E-state index contributed by atoms with van der Waals surface area (Å²) in [7, 11) is 1.79. The second-order valence-corrected chi connectivity index (χ2v) is 6.54. The molecule has 7 heteroatoms. The molecule has 3 heterocycles. The van der Waals surface area contributed by atoms with Crippen molar-refractivity contribution in [3.63, 3.8) is 0 Å². The molecule has 1 aliphatic heterocycles. The van der Waals surface area contributed by atoms with Crippen LogP contribution in [-0.4, -0.2) is 61.4 Å². The zero-order chi connectivity index (χ0) is 18.2. The summed E-state index contributed by atoms with van der Waals surface area (Å²) in [4.78, 5) is 8.95. The Bertz CT molecular complexity index is 722. The average molecular weight is 359 g/mol. The maximum Gasteiger partial charge on any atom is 0.190 e. The number of guanidine groups is 1. The minimum Gasteiger partial charge on any atom is -0.379 e. The maximum absolute atomic E-state index is 5.76. The van der Waals surface area contributed by atoms with E-state index in [1.54, 1.807) is 7.05 Å². The van der Waals surface area contributed by atoms with E-state index in [0.717, 1.165) is 69.5 Å². The van der Waals surface area contributed by atoms with Gasteiger partial charge in [-0.3, -0.25) is 4.99 Å². The quantitative estimate of drug-likeness (QED) is 0.425. The van der Waals surface area contributed by atoms with Gasteiger partial charge in [0.25, 0.3) is 0 Å². The van der Waals surface area contributed by atoms with Gasteiger partial charge in [0.1, 0.15) is 5.65 Å². The number of fused-ring (bicyclic) bond motifs is 1. The second-order valence-electron chi connectivity index (χ2n) is 6.54. The molecule has 1 aliphatic rings. The number of aromatic nitrogens is 2. The second kappa shape index (κ2) is 9.54. The summed E-state index contributed by atoms with van der Waals surface area (Å²) in [5.41, 5.74) is 3.29. The van der Waals surface area contributed by atoms with Crippen LogP contribution in [0.1, 0.15) is 24.1 Å². The van der Waals surface area contributed by atoms with Crippen molar-refractivity contribution in [3.8, 4) is 0 Å². The van der Waals surface area contributed by atoms with E-state index in [4.69, 9.17) is 14.5 Å². The Hall–Kier alpha value is -2.12. The number of aryl methyl sites for hydroxylation is 1. The van der Waals surface area contributed by atoms with Gasteiger partial charge in [0, 0.05) is 52.2 Å². The molecule has 0 saturated carbocycles. The SMILES string of the molecule is CN=C(NCCCOC1CCOC1)NCCc1cn2cccc(C)c2n1. The zero-order valence-electron chi connectivity index (χ0n) is 15.7. The first-order chi connectivity index (χ1) is 12.8. The van der Waals surface area contributed by atoms with Crippen molar-refractivity contribution in [2.24, 2.45) is 4.99 Å². The first-order valence-corrected chi connectivity index (χ1v) is 9.33. The summed E-state index contributed by atoms with van der Waals surface area (Å²) in [5.74, 6) is 0.814. The molecule has 26 heavy (non-hydrogen) atoms. The van der Waals surface area contributed by atoms with Crippen LogP contribution >= 0.6 is 0 Å². The first-order valence-electron chi connectivity index (χ1n) is 9.33. The van der Waals surface area contributed by atoms with Crippen molar-refractivity contribution >= 4 is 11.6 Å². The molecule has 0 aromatic carbocycles. The number of aliphatic imine (C=N–C) groups is 1. The van der Waals surface area contributed by atoms with Gasteiger partial charge in [-0.25, -0.2) is 4.98 Å². The van der Waals surface area contributed by atoms with Gasteiger partial charge >= 0.3 is 0 Å². The highest BCUT2D eigenvalue weighted by atomic mass is 16.5. The molecule has 7 nitrogen and oxygen atoms in total. The third-order valence-electron chi connectivity index (χ3n) is 4.48. The highest BCUT2D eigenvalue weighted by molar-refractivity contribution is 5.79. The Morgan fingerprint density at radius 2 is 2.31 bits per heavy atom. The number of rotatable bonds is 8. The maximum atomic E-state index is 5.76. The van der Waals surface area contributed by atoms with Crippen molar-refractivity contribution in [2.45, 2.75) is 32.3 Å². The summed E-state index contributed by atoms with van der Waals surface area (Å²) >= 11 is 0. The van der Waals surface area contributed by atoms with Crippen molar-refractivity contribution < 1.29 is 9.47 Å². The summed E-state index contributed by atoms with van der Waals surface area (Å²) in [6.45, 7) is 6.02. The van der Waals surface area contributed by atoms with E-state index in [1.165, 1.54) is 5.56 Å². The van der Waals surface area contributed by atoms with E-state index in [-0.39, 0.29) is 6.10 Å². The van der Waals surface area contributed by atoms with Gasteiger partial charge in [0.15, 0.2) is 5.96 Å². The fourth-order valence-electron chi connectivity index (χ4n) is 3.03. The number of ether oxygens (including phenoxy) is 2. The topological polar surface area (TPSA) is 72.2 Å². The number of imidazole rings is 1. The first kappa shape index (κ1) is 18.7. The summed E-state index contributed by atoms with van der Waals surface area (Å²) in [6.07, 6.45) is 7.22. The van der Waals surface area contributed by atoms with Gasteiger partial charge in [0.2, 0.25) is 0 Å². The molecule has 2 N–H and O–H groups in total. The van der Waals surface area contributed by atoms with E-state index >= 15 is 0 Å². The smallest absolute Gasteiger partial charge is 0.190 e. The van der Waals surface area contributed by atoms with Crippen LogP contribution in [0.2, 0.25) is 0 Å². The third kappa shape index (κ3) is 5.19. The fraction of sp³-hybridized carbons (Fsp3) is 0.579. The minimum atomic E-state index is 0.279. The molecule has 0 radical (unpaired) electrons. The lowest BCUT2D eigenvalue weighted by molar-refractivity contribution is 0.0420. The van der Waals surface area contributed by atoms with Crippen LogP contribution in [0.4, 0.5) is 0 Å². The highest BCUT2D eigenvalue weighted by Crippen LogP contribution is 2.10. The van der Waals surface area contributed by atoms with Crippen molar-refractivity contribution in [1.82, 2.24) is 20.0 Å². The number of nitrogens with one attached hydrogen (secondary N) is 2. The Kier molecular flexibility index (Phi) is 6.85. The molecule has 0 aliphatic carbocycles. The minimum absolute atomic E-state index is 0.279. The number of pyridine rings is 1. The van der Waals surface area contributed by atoms with E-state index in [1.807, 2.05) is 12.3 Å². The lowest BCUT2D eigenvalue weighted by Gasteiger charge is -2.12. The van der Waals surface area contributed by atoms with Crippen LogP contribution in [0, 0.1) is 6.92 Å². The van der Waals surface area contributed by atoms with Gasteiger partial charge in [0.05, 0.1) is 18.4 Å². The van der Waals surface area contributed by atoms with Gasteiger partial charge in [-0.1, -0.05) is 6.07 Å². The highest BCUT2D eigenvalue weighted by Gasteiger charge is 2.15. The summed E-state index contributed by atoms with van der Waals surface area (Å²) < 4.78 is 13.1. The lowest BCUT2D eigenvalue weighted by Crippen LogP contribution is -2.39. The van der Waals surface area contributed by atoms with E-state index in [0.29, 0.717) is 0 Å². The third-order valence-corrected chi connectivity index (χ3v) is 4.48. The summed E-state index contributed by atoms with van der Waals surface area (Å²) in [6, 6.07) is 4.13. The van der Waals surface area contributed by atoms with Crippen LogP contribution in [0.3, 0.4) is 0 Å². The molecule has 2 aromatic heterocycles. The number of hydrogen-bond donors (Lipinski definition) is 2. The molecule has 0 bridgehead atoms. The molecule has 0 spiro atoms. The molecule has 1 saturated heterocycles. The van der Waals surface area contributed by atoms with Crippen LogP contribution in [0.15, 0.2) is 29.5 Å². The predicted molar refractivity (Wildman–Crippen MR) is 103 cm³/mol. The Balaban J connectivity index is 1.33.